The monoisotopic (exact) mass is 212 g/mol. The van der Waals surface area contributed by atoms with Crippen LogP contribution in [0.3, 0.4) is 0 Å². The maximum absolute atomic E-state index is 12.1. The fourth-order valence-electron chi connectivity index (χ4n) is 2.22. The van der Waals surface area contributed by atoms with Gasteiger partial charge in [-0.3, -0.25) is 4.79 Å². The summed E-state index contributed by atoms with van der Waals surface area (Å²) in [6.07, 6.45) is 4.12. The zero-order valence-corrected chi connectivity index (χ0v) is 10.2. The molecule has 2 N–H and O–H groups in total. The van der Waals surface area contributed by atoms with Crippen molar-refractivity contribution >= 4 is 5.91 Å². The quantitative estimate of drug-likeness (QED) is 0.728. The van der Waals surface area contributed by atoms with Crippen LogP contribution in [0.4, 0.5) is 0 Å². The van der Waals surface area contributed by atoms with Gasteiger partial charge in [-0.15, -0.1) is 0 Å². The van der Waals surface area contributed by atoms with Crippen LogP contribution in [0.25, 0.3) is 0 Å². The molecule has 0 aromatic rings. The lowest BCUT2D eigenvalue weighted by atomic mass is 9.90. The fourth-order valence-corrected chi connectivity index (χ4v) is 2.22. The molecule has 0 bridgehead atoms. The van der Waals surface area contributed by atoms with Crippen LogP contribution in [-0.2, 0) is 4.79 Å². The van der Waals surface area contributed by atoms with Crippen molar-refractivity contribution in [3.8, 4) is 0 Å². The molecule has 0 aromatic carbocycles. The van der Waals surface area contributed by atoms with Gasteiger partial charge in [0.2, 0.25) is 5.91 Å². The van der Waals surface area contributed by atoms with E-state index in [0.29, 0.717) is 5.92 Å². The number of hydrogen-bond acceptors (Lipinski definition) is 2. The Bertz CT molecular complexity index is 208. The van der Waals surface area contributed by atoms with Crippen molar-refractivity contribution in [3.63, 3.8) is 0 Å². The topological polar surface area (TPSA) is 41.1 Å². The summed E-state index contributed by atoms with van der Waals surface area (Å²) in [5, 5.41) is 6.43. The van der Waals surface area contributed by atoms with E-state index >= 15 is 0 Å². The summed E-state index contributed by atoms with van der Waals surface area (Å²) in [6.45, 7) is 8.14. The van der Waals surface area contributed by atoms with E-state index < -0.39 is 0 Å². The van der Waals surface area contributed by atoms with Crippen LogP contribution < -0.4 is 10.6 Å². The van der Waals surface area contributed by atoms with Crippen LogP contribution in [0.5, 0.6) is 0 Å². The molecule has 3 heteroatoms. The molecule has 1 aliphatic rings. The second-order valence-electron chi connectivity index (χ2n) is 4.97. The molecule has 1 unspecified atom stereocenters. The summed E-state index contributed by atoms with van der Waals surface area (Å²) >= 11 is 0. The van der Waals surface area contributed by atoms with Gasteiger partial charge < -0.3 is 10.6 Å². The van der Waals surface area contributed by atoms with Gasteiger partial charge in [0.1, 0.15) is 0 Å². The first-order valence-electron chi connectivity index (χ1n) is 6.14. The number of carbonyl (C=O) groups excluding carboxylic acids is 1. The lowest BCUT2D eigenvalue weighted by Gasteiger charge is -2.28. The summed E-state index contributed by atoms with van der Waals surface area (Å²) in [6, 6.07) is 0. The van der Waals surface area contributed by atoms with Gasteiger partial charge >= 0.3 is 0 Å². The standard InChI is InChI=1S/C12H24N2O/c1-4-6-12(7-5-8-14-12)11(15)13-9-10(2)3/h10,14H,4-9H2,1-3H3,(H,13,15). The van der Waals surface area contributed by atoms with Crippen molar-refractivity contribution in [1.29, 1.82) is 0 Å². The number of hydrogen-bond donors (Lipinski definition) is 2. The Morgan fingerprint density at radius 1 is 1.53 bits per heavy atom. The first kappa shape index (κ1) is 12.5. The Morgan fingerprint density at radius 3 is 2.73 bits per heavy atom. The molecule has 0 spiro atoms. The number of rotatable bonds is 5. The Labute approximate surface area is 93.0 Å². The predicted octanol–water partition coefficient (Wildman–Crippen LogP) is 1.68. The highest BCUT2D eigenvalue weighted by Crippen LogP contribution is 2.24. The van der Waals surface area contributed by atoms with Gasteiger partial charge in [-0.25, -0.2) is 0 Å². The van der Waals surface area contributed by atoms with Gasteiger partial charge in [0.25, 0.3) is 0 Å². The zero-order valence-electron chi connectivity index (χ0n) is 10.2. The molecule has 15 heavy (non-hydrogen) atoms. The summed E-state index contributed by atoms with van der Waals surface area (Å²) in [5.41, 5.74) is -0.260. The average molecular weight is 212 g/mol. The Kier molecular flexibility index (Phi) is 4.58. The third kappa shape index (κ3) is 3.20. The van der Waals surface area contributed by atoms with Gasteiger partial charge in [-0.2, -0.15) is 0 Å². The Hall–Kier alpha value is -0.570. The fraction of sp³-hybridized carbons (Fsp3) is 0.917. The van der Waals surface area contributed by atoms with Gasteiger partial charge in [-0.05, 0) is 31.7 Å². The number of amides is 1. The molecule has 1 saturated heterocycles. The molecule has 88 valence electrons. The molecule has 0 aromatic heterocycles. The molecule has 1 rings (SSSR count). The second-order valence-corrected chi connectivity index (χ2v) is 4.97. The van der Waals surface area contributed by atoms with Crippen LogP contribution in [0.1, 0.15) is 46.5 Å². The summed E-state index contributed by atoms with van der Waals surface area (Å²) in [4.78, 5) is 12.1. The normalized spacial score (nSPS) is 25.9. The van der Waals surface area contributed by atoms with Crippen molar-refractivity contribution in [2.75, 3.05) is 13.1 Å². The van der Waals surface area contributed by atoms with E-state index in [-0.39, 0.29) is 11.4 Å². The molecule has 0 saturated carbocycles. The lowest BCUT2D eigenvalue weighted by molar-refractivity contribution is -0.127. The highest BCUT2D eigenvalue weighted by molar-refractivity contribution is 5.86. The number of nitrogens with one attached hydrogen (secondary N) is 2. The van der Waals surface area contributed by atoms with Crippen LogP contribution >= 0.6 is 0 Å². The lowest BCUT2D eigenvalue weighted by Crippen LogP contribution is -2.54. The van der Waals surface area contributed by atoms with E-state index in [9.17, 15) is 4.79 Å². The first-order chi connectivity index (χ1) is 7.10. The molecule has 1 atom stereocenters. The number of carbonyl (C=O) groups is 1. The second kappa shape index (κ2) is 5.50. The Morgan fingerprint density at radius 2 is 2.27 bits per heavy atom. The maximum atomic E-state index is 12.1. The highest BCUT2D eigenvalue weighted by Gasteiger charge is 2.39. The molecule has 1 heterocycles. The Balaban J connectivity index is 2.51. The molecule has 1 aliphatic heterocycles. The van der Waals surface area contributed by atoms with E-state index in [2.05, 4.69) is 31.4 Å². The van der Waals surface area contributed by atoms with Crippen molar-refractivity contribution in [2.45, 2.75) is 52.0 Å². The molecule has 0 aliphatic carbocycles. The predicted molar refractivity (Wildman–Crippen MR) is 62.7 cm³/mol. The van der Waals surface area contributed by atoms with Gasteiger partial charge in [-0.1, -0.05) is 27.2 Å². The third-order valence-corrected chi connectivity index (χ3v) is 3.03. The molecule has 3 nitrogen and oxygen atoms in total. The van der Waals surface area contributed by atoms with Crippen molar-refractivity contribution < 1.29 is 4.79 Å². The molecule has 1 amide bonds. The molecular formula is C12H24N2O. The van der Waals surface area contributed by atoms with E-state index in [1.54, 1.807) is 0 Å². The van der Waals surface area contributed by atoms with Crippen LogP contribution in [0.15, 0.2) is 0 Å². The largest absolute Gasteiger partial charge is 0.354 e. The summed E-state index contributed by atoms with van der Waals surface area (Å²) < 4.78 is 0. The molecule has 1 fully saturated rings. The van der Waals surface area contributed by atoms with Crippen LogP contribution in [0.2, 0.25) is 0 Å². The molecule has 0 radical (unpaired) electrons. The van der Waals surface area contributed by atoms with Gasteiger partial charge in [0.15, 0.2) is 0 Å². The third-order valence-electron chi connectivity index (χ3n) is 3.03. The summed E-state index contributed by atoms with van der Waals surface area (Å²) in [5.74, 6) is 0.726. The van der Waals surface area contributed by atoms with E-state index in [4.69, 9.17) is 0 Å². The minimum atomic E-state index is -0.260. The first-order valence-corrected chi connectivity index (χ1v) is 6.14. The van der Waals surface area contributed by atoms with Crippen LogP contribution in [0, 0.1) is 5.92 Å². The smallest absolute Gasteiger partial charge is 0.240 e. The SMILES string of the molecule is CCCC1(C(=O)NCC(C)C)CCCN1. The van der Waals surface area contributed by atoms with E-state index in [1.165, 1.54) is 0 Å². The zero-order chi connectivity index (χ0) is 11.3. The van der Waals surface area contributed by atoms with Gasteiger partial charge in [0, 0.05) is 6.54 Å². The average Bonchev–Trinajstić information content (AvgIpc) is 2.64. The van der Waals surface area contributed by atoms with Crippen LogP contribution in [-0.4, -0.2) is 24.5 Å². The molecular weight excluding hydrogens is 188 g/mol. The van der Waals surface area contributed by atoms with E-state index in [0.717, 1.165) is 38.8 Å². The van der Waals surface area contributed by atoms with E-state index in [1.807, 2.05) is 0 Å². The van der Waals surface area contributed by atoms with Gasteiger partial charge in [0.05, 0.1) is 5.54 Å². The maximum Gasteiger partial charge on any atom is 0.240 e. The van der Waals surface area contributed by atoms with Crippen molar-refractivity contribution in [3.05, 3.63) is 0 Å². The minimum Gasteiger partial charge on any atom is -0.354 e. The van der Waals surface area contributed by atoms with Crippen molar-refractivity contribution in [2.24, 2.45) is 5.92 Å². The minimum absolute atomic E-state index is 0.204. The summed E-state index contributed by atoms with van der Waals surface area (Å²) in [7, 11) is 0. The van der Waals surface area contributed by atoms with Crippen molar-refractivity contribution in [1.82, 2.24) is 10.6 Å². The highest BCUT2D eigenvalue weighted by atomic mass is 16.2.